The van der Waals surface area contributed by atoms with Crippen molar-refractivity contribution in [3.05, 3.63) is 0 Å². The smallest absolute Gasteiger partial charge is 0.326 e. The largest absolute Gasteiger partial charge is 0.465 e. The number of carbonyl (C=O) groups excluding carboxylic acids is 1. The molecule has 0 rings (SSSR count). The molecular formula is C8H13NO2. The molecule has 0 fully saturated rings. The van der Waals surface area contributed by atoms with Crippen LogP contribution in [-0.2, 0) is 9.53 Å². The number of nitrogens with zero attached hydrogens (tertiary/aromatic N) is 1. The van der Waals surface area contributed by atoms with Gasteiger partial charge in [-0.3, -0.25) is 4.79 Å². The lowest BCUT2D eigenvalue weighted by Gasteiger charge is -2.16. The van der Waals surface area contributed by atoms with Crippen LogP contribution >= 0.6 is 0 Å². The maximum Gasteiger partial charge on any atom is 0.326 e. The third-order valence-corrected chi connectivity index (χ3v) is 1.68. The molecule has 0 aromatic carbocycles. The Morgan fingerprint density at radius 2 is 2.18 bits per heavy atom. The predicted octanol–water partition coefficient (Wildman–Crippen LogP) is 1.49. The second kappa shape index (κ2) is 3.97. The average Bonchev–Trinajstić information content (AvgIpc) is 2.03. The summed E-state index contributed by atoms with van der Waals surface area (Å²) in [5, 5.41) is 8.63. The normalized spacial score (nSPS) is 14.7. The Hall–Kier alpha value is -1.04. The van der Waals surface area contributed by atoms with Gasteiger partial charge in [0.1, 0.15) is 0 Å². The zero-order chi connectivity index (χ0) is 8.91. The number of rotatable bonds is 3. The van der Waals surface area contributed by atoms with Gasteiger partial charge in [0, 0.05) is 0 Å². The van der Waals surface area contributed by atoms with Gasteiger partial charge < -0.3 is 4.74 Å². The molecule has 0 unspecified atom stereocenters. The van der Waals surface area contributed by atoms with Crippen molar-refractivity contribution in [1.82, 2.24) is 0 Å². The van der Waals surface area contributed by atoms with Gasteiger partial charge in [0.25, 0.3) is 0 Å². The van der Waals surface area contributed by atoms with Crippen molar-refractivity contribution >= 4 is 5.97 Å². The highest BCUT2D eigenvalue weighted by Gasteiger charge is 2.32. The summed E-state index contributed by atoms with van der Waals surface area (Å²) < 4.78 is 4.73. The summed E-state index contributed by atoms with van der Waals surface area (Å²) in [4.78, 5) is 11.1. The number of nitriles is 1. The number of esters is 1. The molecular weight excluding hydrogens is 142 g/mol. The fourth-order valence-corrected chi connectivity index (χ4v) is 0.559. The summed E-state index contributed by atoms with van der Waals surface area (Å²) in [7, 11) is 0. The molecule has 0 amide bonds. The first-order valence-electron chi connectivity index (χ1n) is 3.69. The third-order valence-electron chi connectivity index (χ3n) is 1.68. The molecule has 0 heterocycles. The van der Waals surface area contributed by atoms with E-state index in [1.54, 1.807) is 20.8 Å². The molecule has 3 nitrogen and oxygen atoms in total. The second-order valence-electron chi connectivity index (χ2n) is 2.52. The van der Waals surface area contributed by atoms with E-state index in [2.05, 4.69) is 0 Å². The van der Waals surface area contributed by atoms with E-state index in [-0.39, 0.29) is 0 Å². The van der Waals surface area contributed by atoms with Gasteiger partial charge in [-0.05, 0) is 20.3 Å². The lowest BCUT2D eigenvalue weighted by molar-refractivity contribution is -0.151. The van der Waals surface area contributed by atoms with E-state index in [4.69, 9.17) is 10.00 Å². The highest BCUT2D eigenvalue weighted by atomic mass is 16.5. The van der Waals surface area contributed by atoms with Crippen molar-refractivity contribution < 1.29 is 9.53 Å². The van der Waals surface area contributed by atoms with Crippen molar-refractivity contribution in [3.8, 4) is 6.07 Å². The third kappa shape index (κ3) is 2.23. The lowest BCUT2D eigenvalue weighted by atomic mass is 9.90. The fourth-order valence-electron chi connectivity index (χ4n) is 0.559. The lowest BCUT2D eigenvalue weighted by Crippen LogP contribution is -2.27. The van der Waals surface area contributed by atoms with E-state index < -0.39 is 11.4 Å². The number of carbonyl (C=O) groups is 1. The minimum atomic E-state index is -0.962. The Morgan fingerprint density at radius 1 is 1.64 bits per heavy atom. The maximum absolute atomic E-state index is 11.1. The first kappa shape index (κ1) is 9.96. The summed E-state index contributed by atoms with van der Waals surface area (Å²) in [5.74, 6) is -0.426. The summed E-state index contributed by atoms with van der Waals surface area (Å²) in [6, 6.07) is 1.94. The van der Waals surface area contributed by atoms with Crippen LogP contribution in [0, 0.1) is 16.7 Å². The average molecular weight is 155 g/mol. The number of ether oxygens (including phenoxy) is 1. The van der Waals surface area contributed by atoms with E-state index in [0.717, 1.165) is 0 Å². The molecule has 0 radical (unpaired) electrons. The van der Waals surface area contributed by atoms with Gasteiger partial charge in [0.05, 0.1) is 12.7 Å². The minimum Gasteiger partial charge on any atom is -0.465 e. The first-order chi connectivity index (χ1) is 5.10. The molecule has 0 spiro atoms. The van der Waals surface area contributed by atoms with Gasteiger partial charge in [0.15, 0.2) is 5.41 Å². The van der Waals surface area contributed by atoms with Gasteiger partial charge in [0.2, 0.25) is 0 Å². The van der Waals surface area contributed by atoms with Crippen LogP contribution in [0.2, 0.25) is 0 Å². The molecule has 0 aliphatic rings. The van der Waals surface area contributed by atoms with Crippen LogP contribution in [-0.4, -0.2) is 12.6 Å². The van der Waals surface area contributed by atoms with E-state index in [0.29, 0.717) is 13.0 Å². The van der Waals surface area contributed by atoms with E-state index >= 15 is 0 Å². The van der Waals surface area contributed by atoms with E-state index in [1.165, 1.54) is 0 Å². The molecule has 3 heteroatoms. The number of hydrogen-bond acceptors (Lipinski definition) is 3. The van der Waals surface area contributed by atoms with Gasteiger partial charge in [-0.2, -0.15) is 5.26 Å². The molecule has 11 heavy (non-hydrogen) atoms. The van der Waals surface area contributed by atoms with Gasteiger partial charge in [-0.1, -0.05) is 6.92 Å². The maximum atomic E-state index is 11.1. The van der Waals surface area contributed by atoms with Crippen LogP contribution in [0.15, 0.2) is 0 Å². The van der Waals surface area contributed by atoms with Crippen LogP contribution in [0.5, 0.6) is 0 Å². The fraction of sp³-hybridized carbons (Fsp3) is 0.750. The Kier molecular flexibility index (Phi) is 3.59. The van der Waals surface area contributed by atoms with Crippen LogP contribution in [0.25, 0.3) is 0 Å². The predicted molar refractivity (Wildman–Crippen MR) is 40.6 cm³/mol. The molecule has 62 valence electrons. The highest BCUT2D eigenvalue weighted by Crippen LogP contribution is 2.21. The Bertz CT molecular complexity index is 183. The van der Waals surface area contributed by atoms with Crippen molar-refractivity contribution in [1.29, 1.82) is 5.26 Å². The topological polar surface area (TPSA) is 50.1 Å². The molecule has 0 aliphatic carbocycles. The van der Waals surface area contributed by atoms with Crippen molar-refractivity contribution in [2.75, 3.05) is 6.61 Å². The molecule has 1 atom stereocenters. The highest BCUT2D eigenvalue weighted by molar-refractivity contribution is 5.79. The summed E-state index contributed by atoms with van der Waals surface area (Å²) in [6.07, 6.45) is 0.488. The standard InChI is InChI=1S/C8H13NO2/c1-4-8(3,6-9)7(10)11-5-2/h4-5H2,1-3H3/t8-/m1/s1. The molecule has 0 saturated carbocycles. The van der Waals surface area contributed by atoms with Crippen LogP contribution in [0.3, 0.4) is 0 Å². The van der Waals surface area contributed by atoms with E-state index in [9.17, 15) is 4.79 Å². The Morgan fingerprint density at radius 3 is 2.45 bits per heavy atom. The van der Waals surface area contributed by atoms with Crippen LogP contribution in [0.4, 0.5) is 0 Å². The quantitative estimate of drug-likeness (QED) is 0.580. The first-order valence-corrected chi connectivity index (χ1v) is 3.69. The zero-order valence-electron chi connectivity index (χ0n) is 7.18. The second-order valence-corrected chi connectivity index (χ2v) is 2.52. The van der Waals surface area contributed by atoms with Gasteiger partial charge in [-0.25, -0.2) is 0 Å². The van der Waals surface area contributed by atoms with Crippen molar-refractivity contribution in [2.24, 2.45) is 5.41 Å². The molecule has 0 bridgehead atoms. The zero-order valence-corrected chi connectivity index (χ0v) is 7.18. The van der Waals surface area contributed by atoms with Crippen molar-refractivity contribution in [3.63, 3.8) is 0 Å². The van der Waals surface area contributed by atoms with Crippen molar-refractivity contribution in [2.45, 2.75) is 27.2 Å². The Balaban J connectivity index is 4.28. The Labute approximate surface area is 67.0 Å². The minimum absolute atomic E-state index is 0.329. The van der Waals surface area contributed by atoms with Gasteiger partial charge in [-0.15, -0.1) is 0 Å². The molecule has 0 aromatic heterocycles. The van der Waals surface area contributed by atoms with E-state index in [1.807, 2.05) is 6.07 Å². The van der Waals surface area contributed by atoms with Crippen LogP contribution < -0.4 is 0 Å². The monoisotopic (exact) mass is 155 g/mol. The van der Waals surface area contributed by atoms with Gasteiger partial charge >= 0.3 is 5.97 Å². The molecule has 0 aromatic rings. The summed E-state index contributed by atoms with van der Waals surface area (Å²) >= 11 is 0. The van der Waals surface area contributed by atoms with Crippen LogP contribution in [0.1, 0.15) is 27.2 Å². The molecule has 0 saturated heterocycles. The summed E-state index contributed by atoms with van der Waals surface area (Å²) in [5.41, 5.74) is -0.962. The summed E-state index contributed by atoms with van der Waals surface area (Å²) in [6.45, 7) is 5.44. The molecule has 0 aliphatic heterocycles. The SMILES string of the molecule is CCOC(=O)[C@@](C)(C#N)CC. The number of hydrogen-bond donors (Lipinski definition) is 0. The molecule has 0 N–H and O–H groups in total.